The lowest BCUT2D eigenvalue weighted by Gasteiger charge is -2.02. The molecule has 1 heterocycles. The van der Waals surface area contributed by atoms with Crippen molar-refractivity contribution in [1.82, 2.24) is 9.78 Å². The van der Waals surface area contributed by atoms with E-state index >= 15 is 0 Å². The van der Waals surface area contributed by atoms with Gasteiger partial charge in [-0.3, -0.25) is 4.68 Å². The Bertz CT molecular complexity index is 557. The van der Waals surface area contributed by atoms with Crippen molar-refractivity contribution >= 4 is 27.7 Å². The molecule has 0 saturated carbocycles. The van der Waals surface area contributed by atoms with Crippen LogP contribution in [0.4, 0.5) is 0 Å². The number of benzene rings is 1. The summed E-state index contributed by atoms with van der Waals surface area (Å²) in [7, 11) is 1.87. The van der Waals surface area contributed by atoms with Gasteiger partial charge in [0.25, 0.3) is 0 Å². The highest BCUT2D eigenvalue weighted by Crippen LogP contribution is 2.32. The minimum absolute atomic E-state index is 0.663. The van der Waals surface area contributed by atoms with Gasteiger partial charge in [0, 0.05) is 22.6 Å². The minimum atomic E-state index is 0.663. The third kappa shape index (κ3) is 2.29. The van der Waals surface area contributed by atoms with Crippen LogP contribution in [0.25, 0.3) is 0 Å². The van der Waals surface area contributed by atoms with Crippen LogP contribution in [0.5, 0.6) is 0 Å². The number of aromatic nitrogens is 2. The Morgan fingerprint density at radius 2 is 2.31 bits per heavy atom. The number of nitrogens with zero attached hydrogens (tertiary/aromatic N) is 3. The van der Waals surface area contributed by atoms with Gasteiger partial charge in [-0.05, 0) is 28.1 Å². The molecule has 16 heavy (non-hydrogen) atoms. The maximum absolute atomic E-state index is 9.07. The quantitative estimate of drug-likeness (QED) is 0.854. The highest BCUT2D eigenvalue weighted by atomic mass is 79.9. The van der Waals surface area contributed by atoms with Gasteiger partial charge in [-0.2, -0.15) is 10.4 Å². The minimum Gasteiger partial charge on any atom is -0.275 e. The van der Waals surface area contributed by atoms with Crippen molar-refractivity contribution in [2.75, 3.05) is 0 Å². The van der Waals surface area contributed by atoms with E-state index in [1.165, 1.54) is 11.8 Å². The fourth-order valence-corrected chi connectivity index (χ4v) is 2.83. The van der Waals surface area contributed by atoms with Crippen LogP contribution in [0.3, 0.4) is 0 Å². The van der Waals surface area contributed by atoms with Crippen molar-refractivity contribution in [3.05, 3.63) is 40.6 Å². The molecule has 1 aromatic heterocycles. The van der Waals surface area contributed by atoms with Crippen molar-refractivity contribution in [3.8, 4) is 6.07 Å². The largest absolute Gasteiger partial charge is 0.275 e. The normalized spacial score (nSPS) is 10.1. The van der Waals surface area contributed by atoms with Crippen LogP contribution < -0.4 is 0 Å². The van der Waals surface area contributed by atoms with E-state index in [4.69, 9.17) is 5.26 Å². The van der Waals surface area contributed by atoms with E-state index < -0.39 is 0 Å². The molecule has 0 atom stereocenters. The summed E-state index contributed by atoms with van der Waals surface area (Å²) in [6, 6.07) is 7.91. The molecule has 0 fully saturated rings. The molecule has 0 aliphatic rings. The summed E-state index contributed by atoms with van der Waals surface area (Å²) in [5.74, 6) is 0. The predicted molar refractivity (Wildman–Crippen MR) is 66.2 cm³/mol. The summed E-state index contributed by atoms with van der Waals surface area (Å²) in [6.45, 7) is 0. The first-order valence-corrected chi connectivity index (χ1v) is 6.17. The second-order valence-corrected chi connectivity index (χ2v) is 5.15. The molecule has 1 aromatic carbocycles. The molecule has 5 heteroatoms. The standard InChI is InChI=1S/C11H8BrN3S/c1-15-7-8(6-14-15)16-11-4-2-3-10(12)9(11)5-13/h2-4,6-7H,1H3. The zero-order valence-corrected chi connectivity index (χ0v) is 10.9. The molecule has 3 nitrogen and oxygen atoms in total. The highest BCUT2D eigenvalue weighted by molar-refractivity contribution is 9.10. The van der Waals surface area contributed by atoms with E-state index in [2.05, 4.69) is 27.1 Å². The fraction of sp³-hybridized carbons (Fsp3) is 0.0909. The van der Waals surface area contributed by atoms with Crippen molar-refractivity contribution < 1.29 is 0 Å². The number of hydrogen-bond acceptors (Lipinski definition) is 3. The van der Waals surface area contributed by atoms with Crippen molar-refractivity contribution in [1.29, 1.82) is 5.26 Å². The van der Waals surface area contributed by atoms with E-state index in [-0.39, 0.29) is 0 Å². The molecule has 80 valence electrons. The van der Waals surface area contributed by atoms with Crippen LogP contribution in [0.15, 0.2) is 44.9 Å². The molecule has 2 aromatic rings. The van der Waals surface area contributed by atoms with Gasteiger partial charge in [0.05, 0.1) is 16.7 Å². The Kier molecular flexibility index (Phi) is 3.32. The molecule has 0 saturated heterocycles. The molecule has 0 unspecified atom stereocenters. The number of rotatable bonds is 2. The Morgan fingerprint density at radius 3 is 2.94 bits per heavy atom. The third-order valence-electron chi connectivity index (χ3n) is 2.00. The van der Waals surface area contributed by atoms with Crippen LogP contribution in [0.2, 0.25) is 0 Å². The van der Waals surface area contributed by atoms with Gasteiger partial charge in [-0.25, -0.2) is 0 Å². The summed E-state index contributed by atoms with van der Waals surface area (Å²) in [4.78, 5) is 1.96. The van der Waals surface area contributed by atoms with Gasteiger partial charge in [-0.15, -0.1) is 0 Å². The summed E-state index contributed by atoms with van der Waals surface area (Å²) >= 11 is 4.91. The lowest BCUT2D eigenvalue weighted by Crippen LogP contribution is -1.84. The molecule has 0 aliphatic heterocycles. The van der Waals surface area contributed by atoms with Gasteiger partial charge >= 0.3 is 0 Å². The lowest BCUT2D eigenvalue weighted by atomic mass is 10.2. The van der Waals surface area contributed by atoms with Gasteiger partial charge in [0.1, 0.15) is 6.07 Å². The molecule has 0 aliphatic carbocycles. The molecule has 0 spiro atoms. The first-order valence-electron chi connectivity index (χ1n) is 4.56. The molecule has 0 bridgehead atoms. The first kappa shape index (κ1) is 11.2. The number of nitriles is 1. The lowest BCUT2D eigenvalue weighted by molar-refractivity contribution is 0.766. The number of halogens is 1. The van der Waals surface area contributed by atoms with Gasteiger partial charge in [-0.1, -0.05) is 17.8 Å². The van der Waals surface area contributed by atoms with Gasteiger partial charge < -0.3 is 0 Å². The van der Waals surface area contributed by atoms with E-state index in [0.29, 0.717) is 5.56 Å². The summed E-state index contributed by atoms with van der Waals surface area (Å²) < 4.78 is 2.57. The van der Waals surface area contributed by atoms with Crippen LogP contribution in [0, 0.1) is 11.3 Å². The van der Waals surface area contributed by atoms with Crippen LogP contribution in [0.1, 0.15) is 5.56 Å². The SMILES string of the molecule is Cn1cc(Sc2cccc(Br)c2C#N)cn1. The monoisotopic (exact) mass is 293 g/mol. The summed E-state index contributed by atoms with van der Waals surface area (Å²) in [6.07, 6.45) is 3.71. The number of hydrogen-bond donors (Lipinski definition) is 0. The Balaban J connectivity index is 2.35. The smallest absolute Gasteiger partial charge is 0.102 e. The van der Waals surface area contributed by atoms with Crippen LogP contribution >= 0.6 is 27.7 Å². The fourth-order valence-electron chi connectivity index (χ4n) is 1.28. The Labute approximate surface area is 106 Å². The topological polar surface area (TPSA) is 41.6 Å². The highest BCUT2D eigenvalue weighted by Gasteiger charge is 2.08. The van der Waals surface area contributed by atoms with Crippen LogP contribution in [-0.2, 0) is 7.05 Å². The number of aryl methyl sites for hydroxylation is 1. The Hall–Kier alpha value is -1.25. The molecule has 2 rings (SSSR count). The zero-order chi connectivity index (χ0) is 11.5. The maximum atomic E-state index is 9.07. The van der Waals surface area contributed by atoms with E-state index in [1.54, 1.807) is 10.9 Å². The average molecular weight is 294 g/mol. The molecule has 0 amide bonds. The van der Waals surface area contributed by atoms with Crippen LogP contribution in [-0.4, -0.2) is 9.78 Å². The predicted octanol–water partition coefficient (Wildman–Crippen LogP) is 3.21. The van der Waals surface area contributed by atoms with Crippen molar-refractivity contribution in [2.24, 2.45) is 7.05 Å². The van der Waals surface area contributed by atoms with Crippen molar-refractivity contribution in [2.45, 2.75) is 9.79 Å². The van der Waals surface area contributed by atoms with Gasteiger partial charge in [0.15, 0.2) is 0 Å². The molecule has 0 radical (unpaired) electrons. The molecular weight excluding hydrogens is 286 g/mol. The maximum Gasteiger partial charge on any atom is 0.102 e. The Morgan fingerprint density at radius 1 is 1.50 bits per heavy atom. The molecule has 0 N–H and O–H groups in total. The van der Waals surface area contributed by atoms with E-state index in [9.17, 15) is 0 Å². The second kappa shape index (κ2) is 4.73. The van der Waals surface area contributed by atoms with E-state index in [1.807, 2.05) is 31.4 Å². The van der Waals surface area contributed by atoms with Crippen molar-refractivity contribution in [3.63, 3.8) is 0 Å². The molecular formula is C11H8BrN3S. The van der Waals surface area contributed by atoms with Gasteiger partial charge in [0.2, 0.25) is 0 Å². The summed E-state index contributed by atoms with van der Waals surface area (Å²) in [5, 5.41) is 13.2. The van der Waals surface area contributed by atoms with E-state index in [0.717, 1.165) is 14.3 Å². The average Bonchev–Trinajstić information content (AvgIpc) is 2.64. The first-order chi connectivity index (χ1) is 7.70. The summed E-state index contributed by atoms with van der Waals surface area (Å²) in [5.41, 5.74) is 0.663. The second-order valence-electron chi connectivity index (χ2n) is 3.18. The third-order valence-corrected chi connectivity index (χ3v) is 3.66. The zero-order valence-electron chi connectivity index (χ0n) is 8.51.